The van der Waals surface area contributed by atoms with Crippen molar-refractivity contribution in [1.29, 1.82) is 0 Å². The molecule has 0 saturated heterocycles. The van der Waals surface area contributed by atoms with Crippen molar-refractivity contribution >= 4 is 5.97 Å². The lowest BCUT2D eigenvalue weighted by Crippen LogP contribution is -1.97. The van der Waals surface area contributed by atoms with Gasteiger partial charge in [-0.05, 0) is 25.3 Å². The van der Waals surface area contributed by atoms with Gasteiger partial charge in [0, 0.05) is 5.57 Å². The number of carbonyl (C=O) groups excluding carboxylic acids is 1. The van der Waals surface area contributed by atoms with E-state index in [9.17, 15) is 4.79 Å². The van der Waals surface area contributed by atoms with Gasteiger partial charge in [0.25, 0.3) is 0 Å². The molecule has 2 rings (SSSR count). The smallest absolute Gasteiger partial charge is 0.343 e. The predicted molar refractivity (Wildman–Crippen MR) is 54.5 cm³/mol. The molecule has 0 saturated carbocycles. The van der Waals surface area contributed by atoms with Crippen LogP contribution in [0.1, 0.15) is 32.6 Å². The Morgan fingerprint density at radius 1 is 1.57 bits per heavy atom. The fourth-order valence-corrected chi connectivity index (χ4v) is 1.77. The van der Waals surface area contributed by atoms with Crippen molar-refractivity contribution in [2.24, 2.45) is 0 Å². The Balaban J connectivity index is 2.28. The molecular formula is C12H14O2. The summed E-state index contributed by atoms with van der Waals surface area (Å²) < 4.78 is 5.21. The van der Waals surface area contributed by atoms with Crippen LogP contribution in [0.5, 0.6) is 0 Å². The van der Waals surface area contributed by atoms with Gasteiger partial charge in [-0.3, -0.25) is 0 Å². The lowest BCUT2D eigenvalue weighted by Gasteiger charge is -2.05. The number of carbonyl (C=O) groups is 1. The van der Waals surface area contributed by atoms with Gasteiger partial charge >= 0.3 is 5.97 Å². The number of hydrogen-bond acceptors (Lipinski definition) is 2. The third-order valence-corrected chi connectivity index (χ3v) is 2.51. The first kappa shape index (κ1) is 9.25. The summed E-state index contributed by atoms with van der Waals surface area (Å²) in [5, 5.41) is 0. The molecule has 0 aromatic heterocycles. The van der Waals surface area contributed by atoms with Gasteiger partial charge in [0.15, 0.2) is 0 Å². The van der Waals surface area contributed by atoms with Gasteiger partial charge in [-0.1, -0.05) is 25.5 Å². The summed E-state index contributed by atoms with van der Waals surface area (Å²) in [4.78, 5) is 11.4. The molecule has 0 fully saturated rings. The highest BCUT2D eigenvalue weighted by Gasteiger charge is 2.28. The molecule has 0 unspecified atom stereocenters. The Morgan fingerprint density at radius 2 is 2.43 bits per heavy atom. The molecule has 0 aromatic rings. The Kier molecular flexibility index (Phi) is 2.53. The van der Waals surface area contributed by atoms with Gasteiger partial charge in [-0.2, -0.15) is 0 Å². The summed E-state index contributed by atoms with van der Waals surface area (Å²) in [6.45, 7) is 2.11. The van der Waals surface area contributed by atoms with Crippen molar-refractivity contribution in [3.05, 3.63) is 35.1 Å². The molecule has 0 bridgehead atoms. The van der Waals surface area contributed by atoms with Crippen LogP contribution in [0.2, 0.25) is 0 Å². The lowest BCUT2D eigenvalue weighted by molar-refractivity contribution is -0.132. The second-order valence-electron chi connectivity index (χ2n) is 3.58. The maximum atomic E-state index is 11.4. The number of cyclic esters (lactones) is 1. The van der Waals surface area contributed by atoms with E-state index in [1.807, 2.05) is 18.2 Å². The molecule has 1 aliphatic carbocycles. The fourth-order valence-electron chi connectivity index (χ4n) is 1.77. The van der Waals surface area contributed by atoms with Crippen LogP contribution < -0.4 is 0 Å². The van der Waals surface area contributed by atoms with E-state index in [2.05, 4.69) is 6.92 Å². The van der Waals surface area contributed by atoms with Crippen molar-refractivity contribution in [1.82, 2.24) is 0 Å². The number of esters is 1. The zero-order valence-corrected chi connectivity index (χ0v) is 8.38. The van der Waals surface area contributed by atoms with Gasteiger partial charge in [0.1, 0.15) is 5.76 Å². The first-order valence-electron chi connectivity index (χ1n) is 5.15. The second-order valence-corrected chi connectivity index (χ2v) is 3.58. The van der Waals surface area contributed by atoms with Crippen LogP contribution >= 0.6 is 0 Å². The SMILES string of the molecule is CCC/C=C1\OC(=O)C2=C1CCC=C2. The van der Waals surface area contributed by atoms with Gasteiger partial charge < -0.3 is 4.74 Å². The van der Waals surface area contributed by atoms with E-state index in [0.717, 1.165) is 42.6 Å². The highest BCUT2D eigenvalue weighted by atomic mass is 16.5. The molecular weight excluding hydrogens is 176 g/mol. The Morgan fingerprint density at radius 3 is 3.21 bits per heavy atom. The quantitative estimate of drug-likeness (QED) is 0.626. The molecule has 0 N–H and O–H groups in total. The average Bonchev–Trinajstić information content (AvgIpc) is 2.54. The van der Waals surface area contributed by atoms with Crippen molar-refractivity contribution in [2.75, 3.05) is 0 Å². The number of rotatable bonds is 2. The van der Waals surface area contributed by atoms with Crippen molar-refractivity contribution in [2.45, 2.75) is 32.6 Å². The zero-order chi connectivity index (χ0) is 9.97. The largest absolute Gasteiger partial charge is 0.423 e. The molecule has 14 heavy (non-hydrogen) atoms. The molecule has 1 heterocycles. The van der Waals surface area contributed by atoms with E-state index < -0.39 is 0 Å². The van der Waals surface area contributed by atoms with Gasteiger partial charge in [0.05, 0.1) is 5.57 Å². The zero-order valence-electron chi connectivity index (χ0n) is 8.38. The van der Waals surface area contributed by atoms with Crippen molar-refractivity contribution in [3.63, 3.8) is 0 Å². The molecule has 1 aliphatic heterocycles. The molecule has 2 aliphatic rings. The highest BCUT2D eigenvalue weighted by molar-refractivity contribution is 5.97. The number of hydrogen-bond donors (Lipinski definition) is 0. The molecule has 0 amide bonds. The number of unbranched alkanes of at least 4 members (excludes halogenated alkanes) is 1. The standard InChI is InChI=1S/C12H14O2/c1-2-3-8-11-9-6-4-5-7-10(9)12(13)14-11/h5,7-8H,2-4,6H2,1H3/b11-8-. The number of allylic oxidation sites excluding steroid dienone is 3. The van der Waals surface area contributed by atoms with E-state index in [1.54, 1.807) is 0 Å². The van der Waals surface area contributed by atoms with Crippen LogP contribution in [-0.2, 0) is 9.53 Å². The normalized spacial score (nSPS) is 22.9. The minimum absolute atomic E-state index is 0.182. The maximum Gasteiger partial charge on any atom is 0.343 e. The van der Waals surface area contributed by atoms with Gasteiger partial charge in [-0.15, -0.1) is 0 Å². The Labute approximate surface area is 83.9 Å². The summed E-state index contributed by atoms with van der Waals surface area (Å²) in [6, 6.07) is 0. The van der Waals surface area contributed by atoms with Gasteiger partial charge in [0.2, 0.25) is 0 Å². The first-order valence-corrected chi connectivity index (χ1v) is 5.15. The summed E-state index contributed by atoms with van der Waals surface area (Å²) in [6.07, 6.45) is 9.95. The molecule has 2 nitrogen and oxygen atoms in total. The van der Waals surface area contributed by atoms with Crippen LogP contribution in [0, 0.1) is 0 Å². The van der Waals surface area contributed by atoms with E-state index in [1.165, 1.54) is 0 Å². The van der Waals surface area contributed by atoms with Crippen LogP contribution in [0.3, 0.4) is 0 Å². The highest BCUT2D eigenvalue weighted by Crippen LogP contribution is 2.33. The van der Waals surface area contributed by atoms with E-state index in [4.69, 9.17) is 4.74 Å². The van der Waals surface area contributed by atoms with E-state index in [-0.39, 0.29) is 5.97 Å². The van der Waals surface area contributed by atoms with Crippen LogP contribution in [0.15, 0.2) is 35.1 Å². The summed E-state index contributed by atoms with van der Waals surface area (Å²) in [5.74, 6) is 0.620. The monoisotopic (exact) mass is 190 g/mol. The Bertz CT molecular complexity index is 345. The van der Waals surface area contributed by atoms with Crippen molar-refractivity contribution in [3.8, 4) is 0 Å². The molecule has 0 atom stereocenters. The molecule has 0 aromatic carbocycles. The van der Waals surface area contributed by atoms with E-state index >= 15 is 0 Å². The van der Waals surface area contributed by atoms with Crippen molar-refractivity contribution < 1.29 is 9.53 Å². The lowest BCUT2D eigenvalue weighted by atomic mass is 9.97. The average molecular weight is 190 g/mol. The third-order valence-electron chi connectivity index (χ3n) is 2.51. The summed E-state index contributed by atoms with van der Waals surface area (Å²) in [7, 11) is 0. The maximum absolute atomic E-state index is 11.4. The summed E-state index contributed by atoms with van der Waals surface area (Å²) in [5.41, 5.74) is 1.87. The first-order chi connectivity index (χ1) is 6.83. The fraction of sp³-hybridized carbons (Fsp3) is 0.417. The molecule has 74 valence electrons. The minimum Gasteiger partial charge on any atom is -0.423 e. The molecule has 2 heteroatoms. The van der Waals surface area contributed by atoms with Crippen LogP contribution in [0.25, 0.3) is 0 Å². The van der Waals surface area contributed by atoms with Crippen LogP contribution in [-0.4, -0.2) is 5.97 Å². The second kappa shape index (κ2) is 3.82. The molecule has 0 radical (unpaired) electrons. The minimum atomic E-state index is -0.182. The van der Waals surface area contributed by atoms with Gasteiger partial charge in [-0.25, -0.2) is 4.79 Å². The van der Waals surface area contributed by atoms with E-state index in [0.29, 0.717) is 0 Å². The topological polar surface area (TPSA) is 26.3 Å². The molecule has 0 spiro atoms. The number of ether oxygens (including phenoxy) is 1. The Hall–Kier alpha value is -1.31. The predicted octanol–water partition coefficient (Wildman–Crippen LogP) is 2.87. The third kappa shape index (κ3) is 1.52. The summed E-state index contributed by atoms with van der Waals surface area (Å²) >= 11 is 0. The van der Waals surface area contributed by atoms with Crippen LogP contribution in [0.4, 0.5) is 0 Å².